The first-order valence-corrected chi connectivity index (χ1v) is 7.57. The predicted molar refractivity (Wildman–Crippen MR) is 95.7 cm³/mol. The number of hydrogen-bond acceptors (Lipinski definition) is 4. The molecule has 24 heavy (non-hydrogen) atoms. The van der Waals surface area contributed by atoms with Crippen LogP contribution in [0.3, 0.4) is 0 Å². The zero-order valence-electron chi connectivity index (χ0n) is 14.6. The van der Waals surface area contributed by atoms with Crippen molar-refractivity contribution in [2.75, 3.05) is 38.4 Å². The molecule has 1 aromatic carbocycles. The van der Waals surface area contributed by atoms with Crippen molar-refractivity contribution in [3.63, 3.8) is 0 Å². The Hall–Kier alpha value is -2.89. The number of anilines is 2. The number of pyridine rings is 1. The molecule has 0 bridgehead atoms. The zero-order chi connectivity index (χ0) is 17.9. The van der Waals surface area contributed by atoms with Crippen molar-refractivity contribution < 1.29 is 9.59 Å². The van der Waals surface area contributed by atoms with Crippen LogP contribution in [0.5, 0.6) is 0 Å². The lowest BCUT2D eigenvalue weighted by Crippen LogP contribution is -2.23. The molecule has 6 nitrogen and oxygen atoms in total. The summed E-state index contributed by atoms with van der Waals surface area (Å²) in [6.07, 6.45) is 1.54. The molecule has 2 amide bonds. The molecule has 1 aromatic heterocycles. The van der Waals surface area contributed by atoms with Gasteiger partial charge in [-0.2, -0.15) is 0 Å². The van der Waals surface area contributed by atoms with Gasteiger partial charge in [-0.1, -0.05) is 6.07 Å². The van der Waals surface area contributed by atoms with E-state index in [-0.39, 0.29) is 11.8 Å². The van der Waals surface area contributed by atoms with Gasteiger partial charge in [-0.25, -0.2) is 4.98 Å². The Balaban J connectivity index is 2.23. The average molecular weight is 326 g/mol. The van der Waals surface area contributed by atoms with E-state index >= 15 is 0 Å². The van der Waals surface area contributed by atoms with Gasteiger partial charge in [0.15, 0.2) is 0 Å². The molecule has 0 atom stereocenters. The molecule has 0 aliphatic heterocycles. The Kier molecular flexibility index (Phi) is 5.18. The van der Waals surface area contributed by atoms with E-state index in [0.717, 1.165) is 11.4 Å². The van der Waals surface area contributed by atoms with Crippen LogP contribution in [0.4, 0.5) is 11.5 Å². The van der Waals surface area contributed by atoms with E-state index < -0.39 is 0 Å². The second-order valence-corrected chi connectivity index (χ2v) is 5.93. The molecular weight excluding hydrogens is 304 g/mol. The van der Waals surface area contributed by atoms with Crippen LogP contribution < -0.4 is 10.2 Å². The standard InChI is InChI=1S/C18H22N4O2/c1-12-14(18(24)22(4)5)7-6-8-15(12)20-17(23)13-9-10-16(19-11-13)21(2)3/h6-11H,1-5H3,(H,20,23). The van der Waals surface area contributed by atoms with Crippen LogP contribution in [0.1, 0.15) is 26.3 Å². The minimum atomic E-state index is -0.259. The molecule has 0 spiro atoms. The molecule has 0 saturated heterocycles. The monoisotopic (exact) mass is 326 g/mol. The van der Waals surface area contributed by atoms with Crippen LogP contribution in [0.15, 0.2) is 36.5 Å². The van der Waals surface area contributed by atoms with Gasteiger partial charge in [-0.3, -0.25) is 9.59 Å². The molecule has 2 aromatic rings. The summed E-state index contributed by atoms with van der Waals surface area (Å²) < 4.78 is 0. The Bertz CT molecular complexity index is 752. The van der Waals surface area contributed by atoms with Gasteiger partial charge in [-0.05, 0) is 36.8 Å². The average Bonchev–Trinajstić information content (AvgIpc) is 2.56. The highest BCUT2D eigenvalue weighted by atomic mass is 16.2. The first-order chi connectivity index (χ1) is 11.3. The van der Waals surface area contributed by atoms with E-state index in [1.807, 2.05) is 25.9 Å². The van der Waals surface area contributed by atoms with Crippen LogP contribution >= 0.6 is 0 Å². The van der Waals surface area contributed by atoms with Crippen LogP contribution in [-0.2, 0) is 0 Å². The highest BCUT2D eigenvalue weighted by Crippen LogP contribution is 2.21. The first kappa shape index (κ1) is 17.5. The SMILES string of the molecule is Cc1c(NC(=O)c2ccc(N(C)C)nc2)cccc1C(=O)N(C)C. The second kappa shape index (κ2) is 7.12. The molecule has 0 fully saturated rings. The molecular formula is C18H22N4O2. The summed E-state index contributed by atoms with van der Waals surface area (Å²) in [4.78, 5) is 32.2. The minimum absolute atomic E-state index is 0.0967. The summed E-state index contributed by atoms with van der Waals surface area (Å²) in [5.74, 6) is 0.423. The Morgan fingerprint density at radius 3 is 2.29 bits per heavy atom. The van der Waals surface area contributed by atoms with Crippen molar-refractivity contribution in [2.24, 2.45) is 0 Å². The molecule has 0 aliphatic carbocycles. The number of aromatic nitrogens is 1. The van der Waals surface area contributed by atoms with Crippen molar-refractivity contribution in [1.82, 2.24) is 9.88 Å². The van der Waals surface area contributed by atoms with Gasteiger partial charge in [0.05, 0.1) is 5.56 Å². The summed E-state index contributed by atoms with van der Waals surface area (Å²) in [6, 6.07) is 8.80. The van der Waals surface area contributed by atoms with E-state index in [1.165, 1.54) is 11.1 Å². The largest absolute Gasteiger partial charge is 0.363 e. The number of carbonyl (C=O) groups is 2. The normalized spacial score (nSPS) is 10.2. The van der Waals surface area contributed by atoms with Crippen molar-refractivity contribution in [2.45, 2.75) is 6.92 Å². The summed E-state index contributed by atoms with van der Waals surface area (Å²) >= 11 is 0. The van der Waals surface area contributed by atoms with Gasteiger partial charge in [-0.15, -0.1) is 0 Å². The molecule has 126 valence electrons. The number of carbonyl (C=O) groups excluding carboxylic acids is 2. The number of rotatable bonds is 4. The fraction of sp³-hybridized carbons (Fsp3) is 0.278. The van der Waals surface area contributed by atoms with Crippen molar-refractivity contribution in [1.29, 1.82) is 0 Å². The lowest BCUT2D eigenvalue weighted by Gasteiger charge is -2.16. The van der Waals surface area contributed by atoms with Gasteiger partial charge in [0, 0.05) is 45.6 Å². The smallest absolute Gasteiger partial charge is 0.257 e. The summed E-state index contributed by atoms with van der Waals surface area (Å²) in [7, 11) is 7.17. The summed E-state index contributed by atoms with van der Waals surface area (Å²) in [5.41, 5.74) is 2.38. The summed E-state index contributed by atoms with van der Waals surface area (Å²) in [6.45, 7) is 1.82. The maximum absolute atomic E-state index is 12.4. The number of nitrogens with one attached hydrogen (secondary N) is 1. The van der Waals surface area contributed by atoms with Gasteiger partial charge in [0.25, 0.3) is 11.8 Å². The van der Waals surface area contributed by atoms with E-state index in [1.54, 1.807) is 44.4 Å². The van der Waals surface area contributed by atoms with E-state index in [4.69, 9.17) is 0 Å². The fourth-order valence-corrected chi connectivity index (χ4v) is 2.22. The van der Waals surface area contributed by atoms with E-state index in [9.17, 15) is 9.59 Å². The molecule has 0 saturated carbocycles. The lowest BCUT2D eigenvalue weighted by molar-refractivity contribution is 0.0826. The van der Waals surface area contributed by atoms with Crippen LogP contribution in [0, 0.1) is 6.92 Å². The van der Waals surface area contributed by atoms with Gasteiger partial charge in [0.2, 0.25) is 0 Å². The third kappa shape index (κ3) is 3.71. The van der Waals surface area contributed by atoms with Crippen molar-refractivity contribution in [3.05, 3.63) is 53.2 Å². The van der Waals surface area contributed by atoms with Gasteiger partial charge < -0.3 is 15.1 Å². The molecule has 0 radical (unpaired) electrons. The molecule has 6 heteroatoms. The van der Waals surface area contributed by atoms with Crippen LogP contribution in [0.2, 0.25) is 0 Å². The van der Waals surface area contributed by atoms with E-state index in [0.29, 0.717) is 16.8 Å². The number of hydrogen-bond donors (Lipinski definition) is 1. The van der Waals surface area contributed by atoms with Crippen LogP contribution in [0.25, 0.3) is 0 Å². The first-order valence-electron chi connectivity index (χ1n) is 7.57. The highest BCUT2D eigenvalue weighted by Gasteiger charge is 2.15. The van der Waals surface area contributed by atoms with Crippen molar-refractivity contribution in [3.8, 4) is 0 Å². The van der Waals surface area contributed by atoms with Gasteiger partial charge >= 0.3 is 0 Å². The minimum Gasteiger partial charge on any atom is -0.363 e. The molecule has 0 aliphatic rings. The maximum atomic E-state index is 12.4. The molecule has 1 heterocycles. The Morgan fingerprint density at radius 2 is 1.75 bits per heavy atom. The van der Waals surface area contributed by atoms with Crippen LogP contribution in [-0.4, -0.2) is 49.9 Å². The Labute approximate surface area is 142 Å². The highest BCUT2D eigenvalue weighted by molar-refractivity contribution is 6.06. The quantitative estimate of drug-likeness (QED) is 0.937. The number of amides is 2. The molecule has 2 rings (SSSR count). The van der Waals surface area contributed by atoms with Gasteiger partial charge in [0.1, 0.15) is 5.82 Å². The maximum Gasteiger partial charge on any atom is 0.257 e. The number of nitrogens with zero attached hydrogens (tertiary/aromatic N) is 3. The second-order valence-electron chi connectivity index (χ2n) is 5.93. The van der Waals surface area contributed by atoms with E-state index in [2.05, 4.69) is 10.3 Å². The predicted octanol–water partition coefficient (Wildman–Crippen LogP) is 2.41. The molecule has 0 unspecified atom stereocenters. The van der Waals surface area contributed by atoms with Crippen molar-refractivity contribution >= 4 is 23.3 Å². The third-order valence-electron chi connectivity index (χ3n) is 3.69. The lowest BCUT2D eigenvalue weighted by atomic mass is 10.1. The summed E-state index contributed by atoms with van der Waals surface area (Å²) in [5, 5.41) is 2.85. The fourth-order valence-electron chi connectivity index (χ4n) is 2.22. The molecule has 1 N–H and O–H groups in total. The third-order valence-corrected chi connectivity index (χ3v) is 3.69. The Morgan fingerprint density at radius 1 is 1.04 bits per heavy atom. The number of benzene rings is 1. The topological polar surface area (TPSA) is 65.5 Å². The zero-order valence-corrected chi connectivity index (χ0v) is 14.6.